The Hall–Kier alpha value is -1.79. The van der Waals surface area contributed by atoms with Crippen molar-refractivity contribution in [1.29, 1.82) is 0 Å². The number of nitrogens with one attached hydrogen (secondary N) is 2. The highest BCUT2D eigenvalue weighted by molar-refractivity contribution is 5.95. The normalized spacial score (nSPS) is 19.2. The third-order valence-corrected chi connectivity index (χ3v) is 2.11. The van der Waals surface area contributed by atoms with Gasteiger partial charge in [0.15, 0.2) is 0 Å². The van der Waals surface area contributed by atoms with Crippen molar-refractivity contribution < 1.29 is 23.9 Å². The van der Waals surface area contributed by atoms with Gasteiger partial charge in [-0.25, -0.2) is 14.4 Å². The summed E-state index contributed by atoms with van der Waals surface area (Å²) >= 11 is 0. The highest BCUT2D eigenvalue weighted by atomic mass is 16.6. The van der Waals surface area contributed by atoms with E-state index in [1.165, 1.54) is 0 Å². The minimum atomic E-state index is -0.717. The van der Waals surface area contributed by atoms with Crippen LogP contribution in [0.4, 0.5) is 9.59 Å². The zero-order chi connectivity index (χ0) is 13.8. The van der Waals surface area contributed by atoms with Crippen molar-refractivity contribution in [1.82, 2.24) is 10.6 Å². The Bertz CT molecular complexity index is 348. The molecular formula is C11H18N2O5. The number of ether oxygens (including phenoxy) is 2. The molecule has 0 aromatic rings. The lowest BCUT2D eigenvalue weighted by Crippen LogP contribution is -2.34. The second-order valence-electron chi connectivity index (χ2n) is 4.98. The molecule has 1 saturated heterocycles. The van der Waals surface area contributed by atoms with Crippen LogP contribution in [0.1, 0.15) is 33.6 Å². The number of cyclic esters (lactones) is 2. The third kappa shape index (κ3) is 5.03. The molecule has 7 heteroatoms. The third-order valence-electron chi connectivity index (χ3n) is 2.11. The lowest BCUT2D eigenvalue weighted by Gasteiger charge is -2.19. The van der Waals surface area contributed by atoms with E-state index in [4.69, 9.17) is 4.74 Å². The smallest absolute Gasteiger partial charge is 0.415 e. The second kappa shape index (κ2) is 5.70. The monoisotopic (exact) mass is 258 g/mol. The molecule has 2 amide bonds. The van der Waals surface area contributed by atoms with Gasteiger partial charge in [0.2, 0.25) is 0 Å². The number of rotatable bonds is 4. The Morgan fingerprint density at radius 3 is 2.61 bits per heavy atom. The van der Waals surface area contributed by atoms with Gasteiger partial charge in [-0.15, -0.1) is 0 Å². The maximum Gasteiger partial charge on any atom is 0.415 e. The van der Waals surface area contributed by atoms with Gasteiger partial charge in [-0.3, -0.25) is 0 Å². The predicted octanol–water partition coefficient (Wildman–Crippen LogP) is 0.926. The van der Waals surface area contributed by atoms with Crippen molar-refractivity contribution >= 4 is 18.2 Å². The first-order valence-corrected chi connectivity index (χ1v) is 5.77. The molecule has 1 aliphatic heterocycles. The highest BCUT2D eigenvalue weighted by Crippen LogP contribution is 2.08. The molecule has 0 aromatic heterocycles. The molecule has 0 spiro atoms. The largest absolute Gasteiger partial charge is 0.444 e. The Morgan fingerprint density at radius 1 is 1.44 bits per heavy atom. The number of amides is 2. The molecule has 1 heterocycles. The summed E-state index contributed by atoms with van der Waals surface area (Å²) in [6.45, 7) is 5.69. The first-order chi connectivity index (χ1) is 8.28. The number of hydrogen-bond acceptors (Lipinski definition) is 5. The van der Waals surface area contributed by atoms with Crippen molar-refractivity contribution in [3.63, 3.8) is 0 Å². The van der Waals surface area contributed by atoms with E-state index in [-0.39, 0.29) is 0 Å². The molecule has 2 N–H and O–H groups in total. The van der Waals surface area contributed by atoms with Gasteiger partial charge < -0.3 is 20.1 Å². The van der Waals surface area contributed by atoms with Gasteiger partial charge in [-0.2, -0.15) is 0 Å². The molecule has 1 unspecified atom stereocenters. The van der Waals surface area contributed by atoms with E-state index in [1.54, 1.807) is 20.8 Å². The van der Waals surface area contributed by atoms with Gasteiger partial charge in [0.1, 0.15) is 11.6 Å². The zero-order valence-electron chi connectivity index (χ0n) is 10.7. The maximum absolute atomic E-state index is 11.3. The zero-order valence-corrected chi connectivity index (χ0v) is 10.7. The predicted molar refractivity (Wildman–Crippen MR) is 61.9 cm³/mol. The SMILES string of the molecule is CC(C)(C)OC(=O)NCCCC1NC(=O)OC1=O. The summed E-state index contributed by atoms with van der Waals surface area (Å²) in [4.78, 5) is 33.1. The van der Waals surface area contributed by atoms with E-state index in [2.05, 4.69) is 15.4 Å². The molecule has 102 valence electrons. The van der Waals surface area contributed by atoms with Crippen LogP contribution in [-0.2, 0) is 14.3 Å². The lowest BCUT2D eigenvalue weighted by molar-refractivity contribution is -0.135. The first kappa shape index (κ1) is 14.3. The minimum Gasteiger partial charge on any atom is -0.444 e. The number of carbonyl (C=O) groups excluding carboxylic acids is 3. The number of esters is 1. The van der Waals surface area contributed by atoms with E-state index < -0.39 is 29.8 Å². The Kier molecular flexibility index (Phi) is 4.52. The second-order valence-corrected chi connectivity index (χ2v) is 4.98. The highest BCUT2D eigenvalue weighted by Gasteiger charge is 2.31. The van der Waals surface area contributed by atoms with Gasteiger partial charge in [-0.1, -0.05) is 0 Å². The average molecular weight is 258 g/mol. The molecule has 1 fully saturated rings. The quantitative estimate of drug-likeness (QED) is 0.444. The lowest BCUT2D eigenvalue weighted by atomic mass is 10.1. The van der Waals surface area contributed by atoms with Crippen LogP contribution < -0.4 is 10.6 Å². The van der Waals surface area contributed by atoms with Crippen LogP contribution in [0.2, 0.25) is 0 Å². The molecule has 7 nitrogen and oxygen atoms in total. The van der Waals surface area contributed by atoms with Gasteiger partial charge in [0.05, 0.1) is 0 Å². The fraction of sp³-hybridized carbons (Fsp3) is 0.727. The van der Waals surface area contributed by atoms with Crippen LogP contribution in [0.5, 0.6) is 0 Å². The van der Waals surface area contributed by atoms with E-state index in [0.717, 1.165) is 0 Å². The molecule has 1 aliphatic rings. The van der Waals surface area contributed by atoms with Crippen molar-refractivity contribution in [3.8, 4) is 0 Å². The topological polar surface area (TPSA) is 93.7 Å². The van der Waals surface area contributed by atoms with E-state index in [0.29, 0.717) is 19.4 Å². The number of hydrogen-bond donors (Lipinski definition) is 2. The van der Waals surface area contributed by atoms with Crippen molar-refractivity contribution in [3.05, 3.63) is 0 Å². The number of alkyl carbamates (subject to hydrolysis) is 2. The van der Waals surface area contributed by atoms with Gasteiger partial charge in [0.25, 0.3) is 0 Å². The van der Waals surface area contributed by atoms with Crippen LogP contribution in [0.15, 0.2) is 0 Å². The van der Waals surface area contributed by atoms with E-state index >= 15 is 0 Å². The van der Waals surface area contributed by atoms with Gasteiger partial charge in [-0.05, 0) is 33.6 Å². The fourth-order valence-electron chi connectivity index (χ4n) is 1.39. The molecule has 0 bridgehead atoms. The van der Waals surface area contributed by atoms with Crippen molar-refractivity contribution in [2.24, 2.45) is 0 Å². The van der Waals surface area contributed by atoms with Gasteiger partial charge in [0, 0.05) is 6.54 Å². The molecule has 1 atom stereocenters. The van der Waals surface area contributed by atoms with E-state index in [1.807, 2.05) is 0 Å². The molecule has 0 radical (unpaired) electrons. The summed E-state index contributed by atoms with van der Waals surface area (Å²) in [6.07, 6.45) is -0.259. The van der Waals surface area contributed by atoms with Crippen LogP contribution >= 0.6 is 0 Å². The molecule has 0 saturated carbocycles. The van der Waals surface area contributed by atoms with Crippen molar-refractivity contribution in [2.45, 2.75) is 45.3 Å². The molecule has 1 rings (SSSR count). The minimum absolute atomic E-state index is 0.370. The Balaban J connectivity index is 2.14. The molecule has 0 aliphatic carbocycles. The first-order valence-electron chi connectivity index (χ1n) is 5.77. The maximum atomic E-state index is 11.3. The Labute approximate surface area is 105 Å². The van der Waals surface area contributed by atoms with Crippen molar-refractivity contribution in [2.75, 3.05) is 6.54 Å². The molecular weight excluding hydrogens is 240 g/mol. The van der Waals surface area contributed by atoms with E-state index in [9.17, 15) is 14.4 Å². The van der Waals surface area contributed by atoms with Gasteiger partial charge >= 0.3 is 18.2 Å². The Morgan fingerprint density at radius 2 is 2.11 bits per heavy atom. The average Bonchev–Trinajstić information content (AvgIpc) is 2.49. The standard InChI is InChI=1S/C11H18N2O5/c1-11(2,3)18-9(15)12-6-4-5-7-8(14)17-10(16)13-7/h7H,4-6H2,1-3H3,(H,12,15)(H,13,16). The van der Waals surface area contributed by atoms with Crippen LogP contribution in [0, 0.1) is 0 Å². The summed E-state index contributed by atoms with van der Waals surface area (Å²) < 4.78 is 9.35. The summed E-state index contributed by atoms with van der Waals surface area (Å²) in [5, 5.41) is 4.94. The summed E-state index contributed by atoms with van der Waals surface area (Å²) in [5.41, 5.74) is -0.534. The summed E-state index contributed by atoms with van der Waals surface area (Å²) in [7, 11) is 0. The summed E-state index contributed by atoms with van der Waals surface area (Å²) in [6, 6.07) is -0.613. The molecule has 0 aromatic carbocycles. The van der Waals surface area contributed by atoms with Crippen LogP contribution in [-0.4, -0.2) is 36.3 Å². The van der Waals surface area contributed by atoms with Crippen LogP contribution in [0.25, 0.3) is 0 Å². The van der Waals surface area contributed by atoms with Crippen LogP contribution in [0.3, 0.4) is 0 Å². The summed E-state index contributed by atoms with van der Waals surface area (Å²) in [5.74, 6) is -0.572. The fourth-order valence-corrected chi connectivity index (χ4v) is 1.39. The molecule has 18 heavy (non-hydrogen) atoms. The number of carbonyl (C=O) groups is 3.